The molecule has 0 radical (unpaired) electrons. The Labute approximate surface area is 112 Å². The van der Waals surface area contributed by atoms with Crippen LogP contribution in [0.3, 0.4) is 0 Å². The van der Waals surface area contributed by atoms with E-state index in [1.807, 2.05) is 6.92 Å². The molecule has 1 unspecified atom stereocenters. The monoisotopic (exact) mass is 269 g/mol. The maximum atomic E-state index is 11.8. The lowest BCUT2D eigenvalue weighted by molar-refractivity contribution is -0.168. The minimum absolute atomic E-state index is 0.0431. The fourth-order valence-electron chi connectivity index (χ4n) is 1.68. The topological polar surface area (TPSA) is 65.1 Å². The van der Waals surface area contributed by atoms with Crippen molar-refractivity contribution in [2.75, 3.05) is 21.3 Å². The second-order valence-corrected chi connectivity index (χ2v) is 4.30. The zero-order valence-corrected chi connectivity index (χ0v) is 11.7. The van der Waals surface area contributed by atoms with Crippen LogP contribution < -0.4 is 0 Å². The van der Waals surface area contributed by atoms with Gasteiger partial charge in [0.05, 0.1) is 26.2 Å². The molecular formula is C13H19NO5. The summed E-state index contributed by atoms with van der Waals surface area (Å²) in [5.41, 5.74) is 1.18. The van der Waals surface area contributed by atoms with E-state index in [9.17, 15) is 9.59 Å². The number of rotatable bonds is 5. The van der Waals surface area contributed by atoms with Crippen LogP contribution in [0.5, 0.6) is 0 Å². The fourth-order valence-corrected chi connectivity index (χ4v) is 1.68. The average Bonchev–Trinajstić information content (AvgIpc) is 2.80. The largest absolute Gasteiger partial charge is 0.489 e. The van der Waals surface area contributed by atoms with Gasteiger partial charge in [-0.05, 0) is 12.5 Å². The van der Waals surface area contributed by atoms with Crippen molar-refractivity contribution in [1.82, 2.24) is 5.06 Å². The maximum Gasteiger partial charge on any atom is 0.337 e. The van der Waals surface area contributed by atoms with E-state index in [2.05, 4.69) is 6.58 Å². The average molecular weight is 269 g/mol. The first kappa shape index (κ1) is 15.2. The van der Waals surface area contributed by atoms with Gasteiger partial charge in [0.1, 0.15) is 11.9 Å². The van der Waals surface area contributed by atoms with E-state index in [0.29, 0.717) is 17.8 Å². The van der Waals surface area contributed by atoms with Crippen LogP contribution in [0.15, 0.2) is 23.5 Å². The zero-order valence-electron chi connectivity index (χ0n) is 11.7. The Morgan fingerprint density at radius 2 is 2.11 bits per heavy atom. The first-order valence-electron chi connectivity index (χ1n) is 5.83. The fraction of sp³-hybridized carbons (Fsp3) is 0.538. The third-order valence-corrected chi connectivity index (χ3v) is 2.93. The van der Waals surface area contributed by atoms with Gasteiger partial charge in [0, 0.05) is 13.5 Å². The first-order valence-corrected chi connectivity index (χ1v) is 5.83. The molecule has 0 spiro atoms. The second-order valence-electron chi connectivity index (χ2n) is 4.30. The molecule has 1 atom stereocenters. The number of methoxy groups -OCH3 is 1. The Kier molecular flexibility index (Phi) is 5.11. The molecule has 6 heteroatoms. The van der Waals surface area contributed by atoms with Crippen LogP contribution in [0.25, 0.3) is 0 Å². The third-order valence-electron chi connectivity index (χ3n) is 2.93. The Hall–Kier alpha value is -1.82. The lowest BCUT2D eigenvalue weighted by atomic mass is 10.1. The third kappa shape index (κ3) is 3.57. The summed E-state index contributed by atoms with van der Waals surface area (Å²) in [7, 11) is 4.18. The molecule has 0 aromatic rings. The van der Waals surface area contributed by atoms with E-state index < -0.39 is 5.97 Å². The Morgan fingerprint density at radius 1 is 1.47 bits per heavy atom. The molecule has 0 aliphatic carbocycles. The first-order chi connectivity index (χ1) is 8.90. The van der Waals surface area contributed by atoms with E-state index in [1.165, 1.54) is 21.3 Å². The van der Waals surface area contributed by atoms with Gasteiger partial charge in [-0.3, -0.25) is 9.63 Å². The molecule has 1 amide bonds. The van der Waals surface area contributed by atoms with Gasteiger partial charge in [-0.1, -0.05) is 6.58 Å². The van der Waals surface area contributed by atoms with Crippen molar-refractivity contribution in [1.29, 1.82) is 0 Å². The number of ether oxygens (including phenoxy) is 2. The lowest BCUT2D eigenvalue weighted by Gasteiger charge is -2.16. The van der Waals surface area contributed by atoms with Crippen molar-refractivity contribution < 1.29 is 23.9 Å². The van der Waals surface area contributed by atoms with Gasteiger partial charge >= 0.3 is 5.97 Å². The number of hydroxylamine groups is 2. The number of nitrogens with zero attached hydrogens (tertiary/aromatic N) is 1. The molecule has 0 aromatic carbocycles. The summed E-state index contributed by atoms with van der Waals surface area (Å²) >= 11 is 0. The smallest absolute Gasteiger partial charge is 0.337 e. The molecule has 1 aliphatic rings. The molecule has 1 aliphatic heterocycles. The van der Waals surface area contributed by atoms with Crippen LogP contribution >= 0.6 is 0 Å². The van der Waals surface area contributed by atoms with E-state index in [-0.39, 0.29) is 18.4 Å². The summed E-state index contributed by atoms with van der Waals surface area (Å²) in [6, 6.07) is 0. The molecule has 0 saturated heterocycles. The predicted octanol–water partition coefficient (Wildman–Crippen LogP) is 1.19. The van der Waals surface area contributed by atoms with Crippen molar-refractivity contribution in [3.05, 3.63) is 23.5 Å². The molecular weight excluding hydrogens is 250 g/mol. The summed E-state index contributed by atoms with van der Waals surface area (Å²) in [5.74, 6) is -0.457. The number of esters is 1. The number of amides is 1. The van der Waals surface area contributed by atoms with Crippen molar-refractivity contribution in [3.8, 4) is 0 Å². The van der Waals surface area contributed by atoms with E-state index in [4.69, 9.17) is 14.3 Å². The van der Waals surface area contributed by atoms with Gasteiger partial charge in [-0.25, -0.2) is 9.86 Å². The van der Waals surface area contributed by atoms with Crippen molar-refractivity contribution in [2.24, 2.45) is 0 Å². The minimum atomic E-state index is -0.480. The van der Waals surface area contributed by atoms with Crippen LogP contribution in [0.4, 0.5) is 0 Å². The van der Waals surface area contributed by atoms with E-state index in [1.54, 1.807) is 0 Å². The quantitative estimate of drug-likeness (QED) is 0.426. The molecule has 6 nitrogen and oxygen atoms in total. The SMILES string of the molecule is C=C(C)C1CC(C(=O)OC)=C(CC(=O)N(C)OC)O1. The summed E-state index contributed by atoms with van der Waals surface area (Å²) < 4.78 is 10.3. The highest BCUT2D eigenvalue weighted by Crippen LogP contribution is 2.31. The second kappa shape index (κ2) is 6.38. The number of carbonyl (C=O) groups excluding carboxylic acids is 2. The van der Waals surface area contributed by atoms with Crippen molar-refractivity contribution >= 4 is 11.9 Å². The minimum Gasteiger partial charge on any atom is -0.489 e. The zero-order chi connectivity index (χ0) is 14.6. The van der Waals surface area contributed by atoms with E-state index in [0.717, 1.165) is 10.6 Å². The van der Waals surface area contributed by atoms with Crippen LogP contribution in [-0.2, 0) is 23.9 Å². The van der Waals surface area contributed by atoms with Crippen LogP contribution in [0.2, 0.25) is 0 Å². The van der Waals surface area contributed by atoms with Crippen LogP contribution in [-0.4, -0.2) is 44.3 Å². The number of hydrogen-bond donors (Lipinski definition) is 0. The summed E-state index contributed by atoms with van der Waals surface area (Å²) in [6.07, 6.45) is 0.0459. The van der Waals surface area contributed by atoms with Gasteiger partial charge in [-0.15, -0.1) is 0 Å². The van der Waals surface area contributed by atoms with Gasteiger partial charge in [0.25, 0.3) is 5.91 Å². The highest BCUT2D eigenvalue weighted by atomic mass is 16.7. The summed E-state index contributed by atoms with van der Waals surface area (Å²) in [5, 5.41) is 1.08. The normalized spacial score (nSPS) is 18.0. The molecule has 0 saturated carbocycles. The molecule has 19 heavy (non-hydrogen) atoms. The van der Waals surface area contributed by atoms with Crippen LogP contribution in [0.1, 0.15) is 19.8 Å². The molecule has 106 valence electrons. The van der Waals surface area contributed by atoms with Gasteiger partial charge in [0.15, 0.2) is 0 Å². The lowest BCUT2D eigenvalue weighted by Crippen LogP contribution is -2.26. The highest BCUT2D eigenvalue weighted by Gasteiger charge is 2.32. The van der Waals surface area contributed by atoms with Crippen LogP contribution in [0, 0.1) is 0 Å². The molecule has 1 rings (SSSR count). The number of carbonyl (C=O) groups is 2. The Balaban J connectivity index is 2.88. The maximum absolute atomic E-state index is 11.8. The molecule has 0 N–H and O–H groups in total. The Morgan fingerprint density at radius 3 is 2.58 bits per heavy atom. The number of hydrogen-bond acceptors (Lipinski definition) is 5. The summed E-state index contributed by atoms with van der Waals surface area (Å²) in [6.45, 7) is 5.61. The highest BCUT2D eigenvalue weighted by molar-refractivity contribution is 5.91. The van der Waals surface area contributed by atoms with Gasteiger partial charge in [-0.2, -0.15) is 0 Å². The standard InChI is InChI=1S/C13H19NO5/c1-8(2)10-6-9(13(16)17-4)11(19-10)7-12(15)14(3)18-5/h10H,1,6-7H2,2-5H3. The van der Waals surface area contributed by atoms with Gasteiger partial charge in [0.2, 0.25) is 0 Å². The van der Waals surface area contributed by atoms with E-state index >= 15 is 0 Å². The summed E-state index contributed by atoms with van der Waals surface area (Å²) in [4.78, 5) is 28.2. The van der Waals surface area contributed by atoms with Crippen molar-refractivity contribution in [3.63, 3.8) is 0 Å². The Bertz CT molecular complexity index is 427. The molecule has 0 aromatic heterocycles. The molecule has 0 bridgehead atoms. The molecule has 1 heterocycles. The predicted molar refractivity (Wildman–Crippen MR) is 67.7 cm³/mol. The molecule has 0 fully saturated rings. The van der Waals surface area contributed by atoms with Crippen molar-refractivity contribution in [2.45, 2.75) is 25.9 Å². The van der Waals surface area contributed by atoms with Gasteiger partial charge < -0.3 is 9.47 Å².